The third-order valence-electron chi connectivity index (χ3n) is 8.60. The van der Waals surface area contributed by atoms with E-state index in [-0.39, 0.29) is 0 Å². The second-order valence-corrected chi connectivity index (χ2v) is 11.7. The number of likely N-dealkylation sites (N-methyl/N-ethyl adjacent to an activating group) is 1. The summed E-state index contributed by atoms with van der Waals surface area (Å²) in [5.41, 5.74) is 13.2. The second-order valence-electron chi connectivity index (χ2n) is 11.7. The van der Waals surface area contributed by atoms with E-state index in [9.17, 15) is 0 Å². The van der Waals surface area contributed by atoms with Crippen LogP contribution >= 0.6 is 0 Å². The largest absolute Gasteiger partial charge is 0.369 e. The maximum Gasteiger partial charge on any atom is 0.138 e. The molecule has 212 valence electrons. The highest BCUT2D eigenvalue weighted by Crippen LogP contribution is 2.32. The van der Waals surface area contributed by atoms with Crippen molar-refractivity contribution in [3.05, 3.63) is 101 Å². The third kappa shape index (κ3) is 5.12. The number of fused-ring (bicyclic) bond motifs is 2. The monoisotopic (exact) mass is 555 g/mol. The molecule has 3 aromatic carbocycles. The molecule has 3 heterocycles. The molecule has 3 N–H and O–H groups in total. The van der Waals surface area contributed by atoms with Crippen LogP contribution in [-0.4, -0.2) is 58.1 Å². The lowest BCUT2D eigenvalue weighted by Gasteiger charge is -2.34. The molecule has 42 heavy (non-hydrogen) atoms. The molecule has 0 atom stereocenters. The maximum atomic E-state index is 4.96. The number of aromatic nitrogens is 4. The summed E-state index contributed by atoms with van der Waals surface area (Å²) < 4.78 is 0. The minimum atomic E-state index is 0.888. The first-order valence-electron chi connectivity index (χ1n) is 14.8. The molecular formula is C35H37N7. The fraction of sp³-hybridized carbons (Fsp3) is 0.257. The molecule has 0 spiro atoms. The van der Waals surface area contributed by atoms with Gasteiger partial charge in [0.05, 0.1) is 16.7 Å². The molecule has 0 saturated carbocycles. The molecule has 5 aromatic rings. The van der Waals surface area contributed by atoms with Crippen molar-refractivity contribution in [3.8, 4) is 22.8 Å². The van der Waals surface area contributed by atoms with Gasteiger partial charge >= 0.3 is 0 Å². The van der Waals surface area contributed by atoms with Crippen LogP contribution in [0.2, 0.25) is 0 Å². The van der Waals surface area contributed by atoms with Crippen LogP contribution in [0.4, 0.5) is 11.4 Å². The number of imidazole rings is 2. The minimum Gasteiger partial charge on any atom is -0.369 e. The van der Waals surface area contributed by atoms with Gasteiger partial charge in [-0.1, -0.05) is 36.4 Å². The molecule has 7 nitrogen and oxygen atoms in total. The van der Waals surface area contributed by atoms with Gasteiger partial charge in [-0.15, -0.1) is 0 Å². The number of aryl methyl sites for hydroxylation is 3. The summed E-state index contributed by atoms with van der Waals surface area (Å²) in [5, 5.41) is 3.57. The van der Waals surface area contributed by atoms with Crippen molar-refractivity contribution >= 4 is 28.5 Å². The fourth-order valence-electron chi connectivity index (χ4n) is 5.90. The highest BCUT2D eigenvalue weighted by molar-refractivity contribution is 5.83. The van der Waals surface area contributed by atoms with E-state index >= 15 is 0 Å². The summed E-state index contributed by atoms with van der Waals surface area (Å²) in [6.45, 7) is 12.9. The number of hydrogen-bond acceptors (Lipinski definition) is 5. The van der Waals surface area contributed by atoms with Gasteiger partial charge in [-0.2, -0.15) is 0 Å². The van der Waals surface area contributed by atoms with Crippen LogP contribution in [0, 0.1) is 13.8 Å². The number of rotatable bonds is 6. The number of benzene rings is 3. The molecule has 2 aromatic heterocycles. The van der Waals surface area contributed by atoms with Crippen LogP contribution < -0.4 is 10.2 Å². The molecule has 1 saturated heterocycles. The zero-order valence-corrected chi connectivity index (χ0v) is 24.6. The Morgan fingerprint density at radius 3 is 2.38 bits per heavy atom. The van der Waals surface area contributed by atoms with E-state index in [1.165, 1.54) is 22.5 Å². The van der Waals surface area contributed by atoms with Crippen molar-refractivity contribution < 1.29 is 0 Å². The standard InChI is InChI=1S/C35H37N7/c1-22-5-7-25(8-6-22)34-37-30-13-9-26(20-32(30)39-34)24(3)36-29-12-10-27(19-23(29)2)35-38-31-14-11-28(21-33(31)40-35)42-17-15-41(4)16-18-42/h5-8,10-12,14,19-21,36H,3,9,13,15-18H2,1-2,4H3,(H,37,39)(H,38,40). The quantitative estimate of drug-likeness (QED) is 0.212. The van der Waals surface area contributed by atoms with Crippen molar-refractivity contribution in [2.45, 2.75) is 26.7 Å². The Bertz CT molecular complexity index is 1810. The Kier molecular flexibility index (Phi) is 6.67. The van der Waals surface area contributed by atoms with Crippen molar-refractivity contribution in [3.63, 3.8) is 0 Å². The summed E-state index contributed by atoms with van der Waals surface area (Å²) >= 11 is 0. The SMILES string of the molecule is C=C(Nc1ccc(-c2nc3cc(N4CCN(C)CC4)ccc3[nH]2)cc1C)C1=Cc2nc(-c3ccc(C)cc3)[nH]c2CC1. The van der Waals surface area contributed by atoms with E-state index in [1.54, 1.807) is 0 Å². The van der Waals surface area contributed by atoms with Gasteiger partial charge in [-0.05, 0) is 87.3 Å². The van der Waals surface area contributed by atoms with Crippen LogP contribution in [0.3, 0.4) is 0 Å². The predicted octanol–water partition coefficient (Wildman–Crippen LogP) is 6.94. The van der Waals surface area contributed by atoms with E-state index in [0.717, 1.165) is 95.5 Å². The highest BCUT2D eigenvalue weighted by Gasteiger charge is 2.19. The molecule has 0 unspecified atom stereocenters. The number of anilines is 2. The zero-order valence-electron chi connectivity index (χ0n) is 24.6. The lowest BCUT2D eigenvalue weighted by atomic mass is 9.97. The van der Waals surface area contributed by atoms with Gasteiger partial charge in [0.2, 0.25) is 0 Å². The van der Waals surface area contributed by atoms with E-state index in [4.69, 9.17) is 9.97 Å². The van der Waals surface area contributed by atoms with Crippen LogP contribution in [0.15, 0.2) is 78.5 Å². The number of aromatic amines is 2. The van der Waals surface area contributed by atoms with Crippen LogP contribution in [0.1, 0.15) is 28.9 Å². The molecule has 2 aliphatic rings. The predicted molar refractivity (Wildman–Crippen MR) is 174 cm³/mol. The lowest BCUT2D eigenvalue weighted by Crippen LogP contribution is -2.44. The summed E-state index contributed by atoms with van der Waals surface area (Å²) in [4.78, 5) is 21.7. The van der Waals surface area contributed by atoms with E-state index in [2.05, 4.69) is 119 Å². The van der Waals surface area contributed by atoms with Gasteiger partial charge in [0.15, 0.2) is 0 Å². The zero-order chi connectivity index (χ0) is 28.8. The Morgan fingerprint density at radius 1 is 0.833 bits per heavy atom. The summed E-state index contributed by atoms with van der Waals surface area (Å²) in [5.74, 6) is 1.81. The smallest absolute Gasteiger partial charge is 0.138 e. The molecule has 0 radical (unpaired) electrons. The Hall–Kier alpha value is -4.62. The van der Waals surface area contributed by atoms with E-state index in [1.807, 2.05) is 0 Å². The molecule has 0 amide bonds. The van der Waals surface area contributed by atoms with Gasteiger partial charge in [0.25, 0.3) is 0 Å². The van der Waals surface area contributed by atoms with E-state index < -0.39 is 0 Å². The lowest BCUT2D eigenvalue weighted by molar-refractivity contribution is 0.313. The van der Waals surface area contributed by atoms with Crippen LogP contribution in [-0.2, 0) is 6.42 Å². The van der Waals surface area contributed by atoms with Gasteiger partial charge < -0.3 is 25.1 Å². The normalized spacial score (nSPS) is 15.5. The van der Waals surface area contributed by atoms with Crippen molar-refractivity contribution in [2.24, 2.45) is 0 Å². The fourth-order valence-corrected chi connectivity index (χ4v) is 5.90. The van der Waals surface area contributed by atoms with Gasteiger partial charge in [0.1, 0.15) is 11.6 Å². The minimum absolute atomic E-state index is 0.888. The van der Waals surface area contributed by atoms with E-state index in [0.29, 0.717) is 0 Å². The number of nitrogens with zero attached hydrogens (tertiary/aromatic N) is 4. The first-order valence-corrected chi connectivity index (χ1v) is 14.8. The van der Waals surface area contributed by atoms with Crippen LogP contribution in [0.25, 0.3) is 39.9 Å². The molecule has 0 bridgehead atoms. The Morgan fingerprint density at radius 2 is 1.60 bits per heavy atom. The number of H-pyrrole nitrogens is 2. The third-order valence-corrected chi connectivity index (χ3v) is 8.60. The Labute approximate surface area is 247 Å². The first kappa shape index (κ1) is 26.3. The van der Waals surface area contributed by atoms with Crippen molar-refractivity contribution in [1.82, 2.24) is 24.8 Å². The van der Waals surface area contributed by atoms with Gasteiger partial charge in [-0.3, -0.25) is 0 Å². The number of hydrogen-bond donors (Lipinski definition) is 3. The molecule has 7 rings (SSSR count). The summed E-state index contributed by atoms with van der Waals surface area (Å²) in [6, 6.07) is 21.5. The molecule has 1 fully saturated rings. The Balaban J connectivity index is 1.06. The van der Waals surface area contributed by atoms with Gasteiger partial charge in [-0.25, -0.2) is 9.97 Å². The summed E-state index contributed by atoms with van der Waals surface area (Å²) in [6.07, 6.45) is 4.00. The van der Waals surface area contributed by atoms with Crippen LogP contribution in [0.5, 0.6) is 0 Å². The molecule has 1 aliphatic carbocycles. The average Bonchev–Trinajstić information content (AvgIpc) is 3.62. The first-order chi connectivity index (χ1) is 20.4. The topological polar surface area (TPSA) is 75.9 Å². The van der Waals surface area contributed by atoms with Crippen molar-refractivity contribution in [2.75, 3.05) is 43.4 Å². The van der Waals surface area contributed by atoms with Crippen molar-refractivity contribution in [1.29, 1.82) is 0 Å². The molecule has 1 aliphatic heterocycles. The van der Waals surface area contributed by atoms with Gasteiger partial charge in [0, 0.05) is 60.1 Å². The molecular weight excluding hydrogens is 518 g/mol. The summed E-state index contributed by atoms with van der Waals surface area (Å²) in [7, 11) is 2.18. The highest BCUT2D eigenvalue weighted by atomic mass is 15.2. The number of allylic oxidation sites excluding steroid dienone is 1. The number of nitrogens with one attached hydrogen (secondary N) is 3. The average molecular weight is 556 g/mol. The number of piperazine rings is 1. The molecule has 7 heteroatoms. The maximum absolute atomic E-state index is 4.96. The second kappa shape index (κ2) is 10.7.